The van der Waals surface area contributed by atoms with Crippen molar-refractivity contribution in [2.45, 2.75) is 77.0 Å². The predicted molar refractivity (Wildman–Crippen MR) is 114 cm³/mol. The average Bonchev–Trinajstić information content (AvgIpc) is 3.01. The number of hydrogen-bond donors (Lipinski definition) is 3. The largest absolute Gasteiger partial charge is 0.468 e. The molecule has 154 valence electrons. The van der Waals surface area contributed by atoms with E-state index in [4.69, 9.17) is 5.10 Å². The zero-order valence-electron chi connectivity index (χ0n) is 17.6. The van der Waals surface area contributed by atoms with Crippen LogP contribution in [0.15, 0.2) is 11.3 Å². The molecule has 4 fully saturated rings. The van der Waals surface area contributed by atoms with Crippen molar-refractivity contribution in [2.75, 3.05) is 5.32 Å². The molecule has 3 N–H and O–H groups in total. The van der Waals surface area contributed by atoms with Gasteiger partial charge in [0.1, 0.15) is 5.82 Å². The Morgan fingerprint density at radius 2 is 1.97 bits per heavy atom. The highest BCUT2D eigenvalue weighted by atomic mass is 16.3. The van der Waals surface area contributed by atoms with Gasteiger partial charge >= 0.3 is 7.05 Å². The van der Waals surface area contributed by atoms with E-state index < -0.39 is 12.7 Å². The number of anilines is 1. The van der Waals surface area contributed by atoms with Crippen LogP contribution in [0.4, 0.5) is 5.82 Å². The molecule has 0 aromatic carbocycles. The van der Waals surface area contributed by atoms with Crippen molar-refractivity contribution < 1.29 is 10.1 Å². The van der Waals surface area contributed by atoms with Gasteiger partial charge in [-0.1, -0.05) is 0 Å². The van der Waals surface area contributed by atoms with Crippen LogP contribution in [-0.4, -0.2) is 50.5 Å². The summed E-state index contributed by atoms with van der Waals surface area (Å²) in [5.74, 6) is 3.00. The number of hydrazone groups is 1. The first-order valence-electron chi connectivity index (χ1n) is 11.4. The third kappa shape index (κ3) is 2.56. The number of nitrogens with one attached hydrogen (secondary N) is 1. The van der Waals surface area contributed by atoms with Crippen LogP contribution in [0.25, 0.3) is 0 Å². The topological polar surface area (TPSA) is 81.0 Å². The summed E-state index contributed by atoms with van der Waals surface area (Å²) in [5, 5.41) is 30.8. The van der Waals surface area contributed by atoms with Crippen LogP contribution in [0.2, 0.25) is 0 Å². The van der Waals surface area contributed by atoms with E-state index in [2.05, 4.69) is 31.1 Å². The van der Waals surface area contributed by atoms with Gasteiger partial charge in [0.15, 0.2) is 0 Å². The molecule has 4 bridgehead atoms. The van der Waals surface area contributed by atoms with Crippen molar-refractivity contribution in [2.24, 2.45) is 28.8 Å². The molecule has 7 rings (SSSR count). The van der Waals surface area contributed by atoms with E-state index >= 15 is 0 Å². The maximum absolute atomic E-state index is 11.1. The van der Waals surface area contributed by atoms with Crippen molar-refractivity contribution in [1.29, 1.82) is 0 Å². The van der Waals surface area contributed by atoms with Crippen molar-refractivity contribution >= 4 is 24.0 Å². The van der Waals surface area contributed by atoms with E-state index in [1.54, 1.807) is 0 Å². The average molecular weight is 394 g/mol. The summed E-state index contributed by atoms with van der Waals surface area (Å²) in [4.78, 5) is 6.51. The SMILES string of the molecule is CC1Cc2c(ncc3c2C([C@H]2C4CC5CC2C[C@@](O)(C5)C4)=NN(C(C)C)B3O)N1. The van der Waals surface area contributed by atoms with E-state index in [-0.39, 0.29) is 6.04 Å². The van der Waals surface area contributed by atoms with Crippen molar-refractivity contribution in [3.05, 3.63) is 17.3 Å². The van der Waals surface area contributed by atoms with Gasteiger partial charge in [-0.3, -0.25) is 0 Å². The van der Waals surface area contributed by atoms with Crippen LogP contribution in [0.5, 0.6) is 0 Å². The fourth-order valence-electron chi connectivity index (χ4n) is 7.41. The lowest BCUT2D eigenvalue weighted by Crippen LogP contribution is -2.60. The highest BCUT2D eigenvalue weighted by Crippen LogP contribution is 2.59. The minimum absolute atomic E-state index is 0.111. The molecular weight excluding hydrogens is 363 g/mol. The molecule has 7 heteroatoms. The highest BCUT2D eigenvalue weighted by Gasteiger charge is 2.57. The first-order chi connectivity index (χ1) is 13.8. The van der Waals surface area contributed by atoms with E-state index in [1.165, 1.54) is 18.4 Å². The second kappa shape index (κ2) is 5.98. The standard InChI is InChI=1S/C22H31BN4O2/c1-11(2)27-23(29)17-10-24-21-16(4-12(3)25-21)19(17)20(26-27)18-14-5-13-6-15(18)9-22(28,7-13)8-14/h10-15,18,28-29H,4-9H2,1-3H3,(H,24,25)/t12?,13?,14?,15?,18-,22+. The van der Waals surface area contributed by atoms with E-state index in [1.807, 2.05) is 11.1 Å². The number of hydrogen-bond acceptors (Lipinski definition) is 6. The van der Waals surface area contributed by atoms with Gasteiger partial charge in [-0.05, 0) is 77.0 Å². The second-order valence-electron chi connectivity index (χ2n) is 10.7. The van der Waals surface area contributed by atoms with Gasteiger partial charge < -0.3 is 20.4 Å². The first kappa shape index (κ1) is 18.2. The lowest BCUT2D eigenvalue weighted by atomic mass is 9.48. The Hall–Kier alpha value is -1.60. The monoisotopic (exact) mass is 394 g/mol. The summed E-state index contributed by atoms with van der Waals surface area (Å²) in [6.45, 7) is 6.35. The maximum atomic E-state index is 11.1. The van der Waals surface area contributed by atoms with Crippen molar-refractivity contribution in [3.8, 4) is 0 Å². The lowest BCUT2D eigenvalue weighted by molar-refractivity contribution is -0.138. The van der Waals surface area contributed by atoms with E-state index in [0.717, 1.165) is 48.2 Å². The highest BCUT2D eigenvalue weighted by molar-refractivity contribution is 6.66. The fraction of sp³-hybridized carbons (Fsp3) is 0.727. The summed E-state index contributed by atoms with van der Waals surface area (Å²) in [7, 11) is -0.747. The van der Waals surface area contributed by atoms with Gasteiger partial charge in [-0.15, -0.1) is 0 Å². The summed E-state index contributed by atoms with van der Waals surface area (Å²) in [6.07, 6.45) is 8.02. The third-order valence-corrected chi connectivity index (χ3v) is 8.20. The van der Waals surface area contributed by atoms with Gasteiger partial charge in [0.2, 0.25) is 0 Å². The molecule has 4 saturated carbocycles. The van der Waals surface area contributed by atoms with Gasteiger partial charge in [0.25, 0.3) is 0 Å². The van der Waals surface area contributed by atoms with Crippen molar-refractivity contribution in [1.82, 2.24) is 9.90 Å². The fourth-order valence-corrected chi connectivity index (χ4v) is 7.41. The van der Waals surface area contributed by atoms with Gasteiger partial charge in [0, 0.05) is 40.8 Å². The number of nitrogens with zero attached hydrogens (tertiary/aromatic N) is 3. The summed E-state index contributed by atoms with van der Waals surface area (Å²) >= 11 is 0. The van der Waals surface area contributed by atoms with Crippen LogP contribution in [-0.2, 0) is 6.42 Å². The molecule has 2 aliphatic heterocycles. The molecule has 0 amide bonds. The minimum Gasteiger partial charge on any atom is -0.428 e. The molecule has 3 atom stereocenters. The number of aromatic nitrogens is 1. The molecule has 3 unspecified atom stereocenters. The minimum atomic E-state index is -0.747. The van der Waals surface area contributed by atoms with E-state index in [0.29, 0.717) is 29.7 Å². The Bertz CT molecular complexity index is 887. The summed E-state index contributed by atoms with van der Waals surface area (Å²) in [6, 6.07) is 0.462. The molecule has 0 radical (unpaired) electrons. The maximum Gasteiger partial charge on any atom is 0.468 e. The number of aliphatic hydroxyl groups is 1. The lowest BCUT2D eigenvalue weighted by Gasteiger charge is -2.58. The molecule has 6 aliphatic rings. The Labute approximate surface area is 172 Å². The van der Waals surface area contributed by atoms with Crippen LogP contribution in [0.3, 0.4) is 0 Å². The molecule has 1 aromatic heterocycles. The van der Waals surface area contributed by atoms with Crippen LogP contribution in [0.1, 0.15) is 64.0 Å². The van der Waals surface area contributed by atoms with Gasteiger partial charge in [-0.25, -0.2) is 4.98 Å². The molecule has 0 saturated heterocycles. The number of fused-ring (bicyclic) bond motifs is 3. The third-order valence-electron chi connectivity index (χ3n) is 8.20. The Balaban J connectivity index is 1.50. The van der Waals surface area contributed by atoms with Gasteiger partial charge in [-0.2, -0.15) is 5.10 Å². The number of rotatable bonds is 2. The van der Waals surface area contributed by atoms with Crippen molar-refractivity contribution in [3.63, 3.8) is 0 Å². The molecule has 6 nitrogen and oxygen atoms in total. The molecule has 3 heterocycles. The Morgan fingerprint density at radius 1 is 1.24 bits per heavy atom. The first-order valence-corrected chi connectivity index (χ1v) is 11.4. The van der Waals surface area contributed by atoms with Crippen LogP contribution >= 0.6 is 0 Å². The molecule has 1 aromatic rings. The molecule has 29 heavy (non-hydrogen) atoms. The predicted octanol–water partition coefficient (Wildman–Crippen LogP) is 1.74. The normalized spacial score (nSPS) is 39.5. The molecule has 4 aliphatic carbocycles. The smallest absolute Gasteiger partial charge is 0.428 e. The Morgan fingerprint density at radius 3 is 2.62 bits per heavy atom. The zero-order chi connectivity index (χ0) is 20.1. The van der Waals surface area contributed by atoms with Crippen LogP contribution in [0, 0.1) is 23.7 Å². The van der Waals surface area contributed by atoms with E-state index in [9.17, 15) is 10.1 Å². The zero-order valence-corrected chi connectivity index (χ0v) is 17.6. The summed E-state index contributed by atoms with van der Waals surface area (Å²) < 4.78 is 0. The summed E-state index contributed by atoms with van der Waals surface area (Å²) in [5.41, 5.74) is 4.00. The quantitative estimate of drug-likeness (QED) is 0.666. The Kier molecular flexibility index (Phi) is 3.75. The van der Waals surface area contributed by atoms with Crippen LogP contribution < -0.4 is 10.8 Å². The number of pyridine rings is 1. The molecular formula is C22H31BN4O2. The van der Waals surface area contributed by atoms with Gasteiger partial charge in [0.05, 0.1) is 11.3 Å². The molecule has 0 spiro atoms. The second-order valence-corrected chi connectivity index (χ2v) is 10.7.